The fourth-order valence-corrected chi connectivity index (χ4v) is 4.65. The van der Waals surface area contributed by atoms with Gasteiger partial charge >= 0.3 is 0 Å². The van der Waals surface area contributed by atoms with E-state index in [0.29, 0.717) is 21.9 Å². The number of hydrogen-bond donors (Lipinski definition) is 0. The normalized spacial score (nSPS) is 10.9. The van der Waals surface area contributed by atoms with Crippen molar-refractivity contribution in [1.82, 2.24) is 9.55 Å². The molecule has 0 unspecified atom stereocenters. The van der Waals surface area contributed by atoms with E-state index >= 15 is 0 Å². The molecule has 2 heterocycles. The van der Waals surface area contributed by atoms with Crippen LogP contribution in [0, 0.1) is 0 Å². The van der Waals surface area contributed by atoms with Crippen molar-refractivity contribution in [3.63, 3.8) is 0 Å². The van der Waals surface area contributed by atoms with Gasteiger partial charge in [0.2, 0.25) is 5.91 Å². The average Bonchev–Trinajstić information content (AvgIpc) is 3.24. The van der Waals surface area contributed by atoms with E-state index in [9.17, 15) is 9.59 Å². The van der Waals surface area contributed by atoms with Crippen LogP contribution in [0.3, 0.4) is 0 Å². The number of anilines is 1. The molecule has 0 aliphatic carbocycles. The van der Waals surface area contributed by atoms with E-state index < -0.39 is 0 Å². The highest BCUT2D eigenvalue weighted by atomic mass is 32.2. The molecule has 1 amide bonds. The first-order chi connectivity index (χ1) is 14.1. The predicted molar refractivity (Wildman–Crippen MR) is 120 cm³/mol. The lowest BCUT2D eigenvalue weighted by Crippen LogP contribution is -2.29. The Hall–Kier alpha value is -2.90. The van der Waals surface area contributed by atoms with E-state index in [1.165, 1.54) is 23.1 Å². The van der Waals surface area contributed by atoms with Crippen LogP contribution in [-0.2, 0) is 11.3 Å². The number of carbonyl (C=O) groups is 1. The molecule has 146 valence electrons. The SMILES string of the molecule is CN(C(=O)CSc1nc2ccsc2c(=O)n1Cc1ccccc1)c1ccccc1. The molecule has 0 aliphatic rings. The minimum atomic E-state index is -0.0692. The number of thiophene rings is 1. The fourth-order valence-electron chi connectivity index (χ4n) is 2.96. The molecule has 2 aromatic heterocycles. The standard InChI is InChI=1S/C22H19N3O2S2/c1-24(17-10-6-3-7-11-17)19(26)15-29-22-23-18-12-13-28-20(18)21(27)25(22)14-16-8-4-2-5-9-16/h2-13H,14-15H2,1H3. The smallest absolute Gasteiger partial charge is 0.272 e. The Morgan fingerprint density at radius 2 is 1.76 bits per heavy atom. The molecule has 4 rings (SSSR count). The summed E-state index contributed by atoms with van der Waals surface area (Å²) >= 11 is 2.69. The Balaban J connectivity index is 1.61. The first kappa shape index (κ1) is 19.4. The summed E-state index contributed by atoms with van der Waals surface area (Å²) in [6.45, 7) is 0.422. The lowest BCUT2D eigenvalue weighted by Gasteiger charge is -2.17. The van der Waals surface area contributed by atoms with Crippen molar-refractivity contribution in [3.8, 4) is 0 Å². The highest BCUT2D eigenvalue weighted by Gasteiger charge is 2.16. The molecule has 2 aromatic carbocycles. The van der Waals surface area contributed by atoms with Gasteiger partial charge < -0.3 is 4.90 Å². The van der Waals surface area contributed by atoms with Crippen LogP contribution in [0.2, 0.25) is 0 Å². The van der Waals surface area contributed by atoms with Crippen LogP contribution >= 0.6 is 23.1 Å². The number of para-hydroxylation sites is 1. The van der Waals surface area contributed by atoms with Crippen LogP contribution in [0.25, 0.3) is 10.2 Å². The minimum Gasteiger partial charge on any atom is -0.315 e. The Morgan fingerprint density at radius 3 is 2.48 bits per heavy atom. The number of carbonyl (C=O) groups excluding carboxylic acids is 1. The third kappa shape index (κ3) is 4.26. The largest absolute Gasteiger partial charge is 0.315 e. The summed E-state index contributed by atoms with van der Waals surface area (Å²) in [7, 11) is 1.75. The van der Waals surface area contributed by atoms with E-state index in [1.807, 2.05) is 72.1 Å². The van der Waals surface area contributed by atoms with Crippen molar-refractivity contribution >= 4 is 44.9 Å². The topological polar surface area (TPSA) is 55.2 Å². The molecule has 0 saturated heterocycles. The van der Waals surface area contributed by atoms with Crippen LogP contribution in [0.1, 0.15) is 5.56 Å². The first-order valence-corrected chi connectivity index (χ1v) is 11.0. The Morgan fingerprint density at radius 1 is 1.07 bits per heavy atom. The third-order valence-electron chi connectivity index (χ3n) is 4.56. The summed E-state index contributed by atoms with van der Waals surface area (Å²) in [5.74, 6) is 0.148. The highest BCUT2D eigenvalue weighted by Crippen LogP contribution is 2.23. The van der Waals surface area contributed by atoms with E-state index in [0.717, 1.165) is 11.3 Å². The highest BCUT2D eigenvalue weighted by molar-refractivity contribution is 7.99. The Kier molecular flexibility index (Phi) is 5.78. The molecule has 0 fully saturated rings. The average molecular weight is 422 g/mol. The Labute approximate surface area is 176 Å². The molecule has 0 aliphatic heterocycles. The summed E-state index contributed by atoms with van der Waals surface area (Å²) in [5, 5.41) is 2.42. The Bertz CT molecular complexity index is 1190. The maximum atomic E-state index is 13.0. The molecule has 29 heavy (non-hydrogen) atoms. The van der Waals surface area contributed by atoms with Crippen molar-refractivity contribution in [2.75, 3.05) is 17.7 Å². The van der Waals surface area contributed by atoms with Gasteiger partial charge in [-0.1, -0.05) is 60.3 Å². The maximum Gasteiger partial charge on any atom is 0.272 e. The number of fused-ring (bicyclic) bond motifs is 1. The van der Waals surface area contributed by atoms with Crippen LogP contribution < -0.4 is 10.5 Å². The molecule has 4 aromatic rings. The molecule has 0 bridgehead atoms. The number of nitrogens with zero attached hydrogens (tertiary/aromatic N) is 3. The van der Waals surface area contributed by atoms with Crippen LogP contribution in [-0.4, -0.2) is 28.3 Å². The number of amides is 1. The number of benzene rings is 2. The van der Waals surface area contributed by atoms with Gasteiger partial charge in [0.1, 0.15) is 4.70 Å². The van der Waals surface area contributed by atoms with Crippen LogP contribution in [0.5, 0.6) is 0 Å². The molecule has 0 spiro atoms. The zero-order chi connectivity index (χ0) is 20.2. The first-order valence-electron chi connectivity index (χ1n) is 9.10. The number of hydrogen-bond acceptors (Lipinski definition) is 5. The number of thioether (sulfide) groups is 1. The monoisotopic (exact) mass is 421 g/mol. The summed E-state index contributed by atoms with van der Waals surface area (Å²) in [4.78, 5) is 32.0. The van der Waals surface area contributed by atoms with Gasteiger partial charge in [0.15, 0.2) is 5.16 Å². The van der Waals surface area contributed by atoms with Gasteiger partial charge in [0.05, 0.1) is 17.8 Å². The predicted octanol–water partition coefficient (Wildman–Crippen LogP) is 4.26. The summed E-state index contributed by atoms with van der Waals surface area (Å²) < 4.78 is 2.30. The second-order valence-corrected chi connectivity index (χ2v) is 8.34. The van der Waals surface area contributed by atoms with Crippen molar-refractivity contribution in [2.45, 2.75) is 11.7 Å². The second kappa shape index (κ2) is 8.63. The lowest BCUT2D eigenvalue weighted by atomic mass is 10.2. The van der Waals surface area contributed by atoms with Gasteiger partial charge in [0, 0.05) is 12.7 Å². The second-order valence-electron chi connectivity index (χ2n) is 6.48. The van der Waals surface area contributed by atoms with Gasteiger partial charge in [-0.25, -0.2) is 4.98 Å². The van der Waals surface area contributed by atoms with Crippen LogP contribution in [0.15, 0.2) is 82.1 Å². The molecule has 5 nitrogen and oxygen atoms in total. The van der Waals surface area contributed by atoms with Crippen molar-refractivity contribution in [3.05, 3.63) is 88.0 Å². The summed E-state index contributed by atoms with van der Waals surface area (Å²) in [6.07, 6.45) is 0. The summed E-state index contributed by atoms with van der Waals surface area (Å²) in [6, 6.07) is 21.1. The van der Waals surface area contributed by atoms with E-state index in [-0.39, 0.29) is 17.2 Å². The maximum absolute atomic E-state index is 13.0. The molecular formula is C22H19N3O2S2. The van der Waals surface area contributed by atoms with E-state index in [1.54, 1.807) is 16.5 Å². The van der Waals surface area contributed by atoms with Gasteiger partial charge in [-0.3, -0.25) is 14.2 Å². The summed E-state index contributed by atoms with van der Waals surface area (Å²) in [5.41, 5.74) is 2.46. The van der Waals surface area contributed by atoms with Crippen molar-refractivity contribution < 1.29 is 4.79 Å². The zero-order valence-electron chi connectivity index (χ0n) is 15.8. The number of rotatable bonds is 6. The van der Waals surface area contributed by atoms with Gasteiger partial charge in [-0.15, -0.1) is 11.3 Å². The zero-order valence-corrected chi connectivity index (χ0v) is 17.5. The van der Waals surface area contributed by atoms with Crippen molar-refractivity contribution in [1.29, 1.82) is 0 Å². The fraction of sp³-hybridized carbons (Fsp3) is 0.136. The van der Waals surface area contributed by atoms with E-state index in [2.05, 4.69) is 4.98 Å². The molecule has 7 heteroatoms. The minimum absolute atomic E-state index is 0.0490. The van der Waals surface area contributed by atoms with E-state index in [4.69, 9.17) is 0 Å². The molecule has 0 saturated carbocycles. The van der Waals surface area contributed by atoms with Gasteiger partial charge in [0.25, 0.3) is 5.56 Å². The number of aromatic nitrogens is 2. The quantitative estimate of drug-likeness (QED) is 0.345. The van der Waals surface area contributed by atoms with Crippen LogP contribution in [0.4, 0.5) is 5.69 Å². The van der Waals surface area contributed by atoms with Gasteiger partial charge in [-0.2, -0.15) is 0 Å². The third-order valence-corrected chi connectivity index (χ3v) is 6.41. The molecular weight excluding hydrogens is 402 g/mol. The molecule has 0 atom stereocenters. The van der Waals surface area contributed by atoms with Crippen molar-refractivity contribution in [2.24, 2.45) is 0 Å². The lowest BCUT2D eigenvalue weighted by molar-refractivity contribution is -0.115. The molecule has 0 radical (unpaired) electrons. The molecule has 0 N–H and O–H groups in total. The van der Waals surface area contributed by atoms with Gasteiger partial charge in [-0.05, 0) is 29.1 Å².